The molecule has 1 aromatic heterocycles. The van der Waals surface area contributed by atoms with Crippen LogP contribution in [0.4, 0.5) is 0 Å². The minimum Gasteiger partial charge on any atom is -0.326 e. The summed E-state index contributed by atoms with van der Waals surface area (Å²) in [5.74, 6) is 1.46. The van der Waals surface area contributed by atoms with E-state index in [9.17, 15) is 0 Å². The lowest BCUT2D eigenvalue weighted by atomic mass is 9.81. The van der Waals surface area contributed by atoms with Crippen LogP contribution in [0.25, 0.3) is 11.0 Å². The molecule has 0 fully saturated rings. The van der Waals surface area contributed by atoms with Crippen molar-refractivity contribution in [1.82, 2.24) is 9.55 Å². The van der Waals surface area contributed by atoms with Gasteiger partial charge in [-0.2, -0.15) is 0 Å². The molecule has 1 atom stereocenters. The average Bonchev–Trinajstić information content (AvgIpc) is 2.69. The standard InChI is InChI=1S/C16H22Cl2N2/c1-10(2)16(4,5)9-20-13-8-6-7-12(18)14(13)19-15(20)11(3)17/h6-8,10-11H,9H2,1-5H3. The highest BCUT2D eigenvalue weighted by molar-refractivity contribution is 6.35. The number of halogens is 2. The van der Waals surface area contributed by atoms with Crippen molar-refractivity contribution >= 4 is 34.2 Å². The van der Waals surface area contributed by atoms with Gasteiger partial charge in [-0.15, -0.1) is 11.6 Å². The molecule has 0 aliphatic carbocycles. The molecule has 2 rings (SSSR count). The zero-order valence-corrected chi connectivity index (χ0v) is 14.3. The molecule has 2 nitrogen and oxygen atoms in total. The number of benzene rings is 1. The lowest BCUT2D eigenvalue weighted by Gasteiger charge is -2.31. The van der Waals surface area contributed by atoms with Gasteiger partial charge >= 0.3 is 0 Å². The molecule has 0 radical (unpaired) electrons. The fourth-order valence-corrected chi connectivity index (χ4v) is 2.57. The molecule has 2 aromatic rings. The van der Waals surface area contributed by atoms with Crippen molar-refractivity contribution < 1.29 is 0 Å². The van der Waals surface area contributed by atoms with Crippen molar-refractivity contribution in [3.8, 4) is 0 Å². The molecule has 0 saturated heterocycles. The Kier molecular flexibility index (Phi) is 4.36. The zero-order chi connectivity index (χ0) is 15.1. The molecule has 0 aliphatic rings. The van der Waals surface area contributed by atoms with Gasteiger partial charge in [0.2, 0.25) is 0 Å². The van der Waals surface area contributed by atoms with E-state index in [1.54, 1.807) is 0 Å². The quantitative estimate of drug-likeness (QED) is 0.665. The second-order valence-electron chi connectivity index (χ2n) is 6.42. The van der Waals surface area contributed by atoms with Crippen molar-refractivity contribution in [2.45, 2.75) is 46.5 Å². The Bertz CT molecular complexity index is 612. The highest BCUT2D eigenvalue weighted by Crippen LogP contribution is 2.34. The first-order valence-corrected chi connectivity index (χ1v) is 7.84. The lowest BCUT2D eigenvalue weighted by Crippen LogP contribution is -2.26. The summed E-state index contributed by atoms with van der Waals surface area (Å²) in [6, 6.07) is 5.90. The molecule has 4 heteroatoms. The van der Waals surface area contributed by atoms with Gasteiger partial charge in [0, 0.05) is 6.54 Å². The van der Waals surface area contributed by atoms with E-state index in [0.717, 1.165) is 23.4 Å². The maximum Gasteiger partial charge on any atom is 0.127 e. The molecule has 0 aliphatic heterocycles. The van der Waals surface area contributed by atoms with Crippen LogP contribution in [0.3, 0.4) is 0 Å². The molecule has 0 bridgehead atoms. The molecule has 0 amide bonds. The molecule has 0 N–H and O–H groups in total. The summed E-state index contributed by atoms with van der Waals surface area (Å²) in [5.41, 5.74) is 2.07. The Hall–Kier alpha value is -0.730. The highest BCUT2D eigenvalue weighted by Gasteiger charge is 2.26. The van der Waals surface area contributed by atoms with Gasteiger partial charge in [0.05, 0.1) is 15.9 Å². The number of fused-ring (bicyclic) bond motifs is 1. The summed E-state index contributed by atoms with van der Waals surface area (Å²) in [6.45, 7) is 11.9. The van der Waals surface area contributed by atoms with Gasteiger partial charge in [-0.1, -0.05) is 45.4 Å². The summed E-state index contributed by atoms with van der Waals surface area (Å²) in [4.78, 5) is 4.65. The van der Waals surface area contributed by atoms with Crippen LogP contribution in [0.15, 0.2) is 18.2 Å². The van der Waals surface area contributed by atoms with Crippen LogP contribution in [-0.4, -0.2) is 9.55 Å². The number of alkyl halides is 1. The Morgan fingerprint density at radius 2 is 1.90 bits per heavy atom. The van der Waals surface area contributed by atoms with Crippen LogP contribution >= 0.6 is 23.2 Å². The number of imidazole rings is 1. The summed E-state index contributed by atoms with van der Waals surface area (Å²) in [6.07, 6.45) is 0. The molecular weight excluding hydrogens is 291 g/mol. The monoisotopic (exact) mass is 312 g/mol. The van der Waals surface area contributed by atoms with Crippen LogP contribution in [0, 0.1) is 11.3 Å². The van der Waals surface area contributed by atoms with Crippen LogP contribution in [0.1, 0.15) is 45.8 Å². The largest absolute Gasteiger partial charge is 0.326 e. The topological polar surface area (TPSA) is 17.8 Å². The Morgan fingerprint density at radius 3 is 2.45 bits per heavy atom. The zero-order valence-electron chi connectivity index (χ0n) is 12.7. The molecule has 1 unspecified atom stereocenters. The van der Waals surface area contributed by atoms with Gasteiger partial charge in [0.25, 0.3) is 0 Å². The smallest absolute Gasteiger partial charge is 0.127 e. The molecule has 110 valence electrons. The summed E-state index contributed by atoms with van der Waals surface area (Å²) < 4.78 is 2.22. The fraction of sp³-hybridized carbons (Fsp3) is 0.562. The second kappa shape index (κ2) is 5.57. The van der Waals surface area contributed by atoms with Gasteiger partial charge in [0.1, 0.15) is 11.3 Å². The predicted octanol–water partition coefficient (Wildman–Crippen LogP) is 5.67. The van der Waals surface area contributed by atoms with E-state index in [1.807, 2.05) is 19.1 Å². The highest BCUT2D eigenvalue weighted by atomic mass is 35.5. The van der Waals surface area contributed by atoms with E-state index in [2.05, 4.69) is 43.3 Å². The summed E-state index contributed by atoms with van der Waals surface area (Å²) >= 11 is 12.6. The fourth-order valence-electron chi connectivity index (χ4n) is 2.19. The normalized spacial score (nSPS) is 14.2. The Balaban J connectivity index is 2.61. The number of nitrogens with zero attached hydrogens (tertiary/aromatic N) is 2. The Labute approximate surface area is 131 Å². The maximum absolute atomic E-state index is 6.31. The van der Waals surface area contributed by atoms with Gasteiger partial charge < -0.3 is 4.57 Å². The van der Waals surface area contributed by atoms with Crippen LogP contribution < -0.4 is 0 Å². The average molecular weight is 313 g/mol. The first-order valence-electron chi connectivity index (χ1n) is 7.02. The third kappa shape index (κ3) is 2.82. The summed E-state index contributed by atoms with van der Waals surface area (Å²) in [5, 5.41) is 0.545. The second-order valence-corrected chi connectivity index (χ2v) is 7.48. The molecule has 20 heavy (non-hydrogen) atoms. The van der Waals surface area contributed by atoms with Gasteiger partial charge in [-0.05, 0) is 30.4 Å². The molecule has 0 saturated carbocycles. The van der Waals surface area contributed by atoms with Crippen LogP contribution in [-0.2, 0) is 6.54 Å². The van der Waals surface area contributed by atoms with Crippen LogP contribution in [0.5, 0.6) is 0 Å². The van der Waals surface area contributed by atoms with Gasteiger partial charge in [-0.25, -0.2) is 4.98 Å². The van der Waals surface area contributed by atoms with E-state index in [4.69, 9.17) is 23.2 Å². The van der Waals surface area contributed by atoms with Crippen molar-refractivity contribution in [1.29, 1.82) is 0 Å². The maximum atomic E-state index is 6.31. The van der Waals surface area contributed by atoms with E-state index >= 15 is 0 Å². The number of hydrogen-bond donors (Lipinski definition) is 0. The third-order valence-corrected chi connectivity index (χ3v) is 4.74. The van der Waals surface area contributed by atoms with Crippen molar-refractivity contribution in [2.24, 2.45) is 11.3 Å². The minimum absolute atomic E-state index is 0.138. The number of aromatic nitrogens is 2. The Morgan fingerprint density at radius 1 is 1.25 bits per heavy atom. The molecule has 1 aromatic carbocycles. The number of rotatable bonds is 4. The molecular formula is C16H22Cl2N2. The van der Waals surface area contributed by atoms with E-state index < -0.39 is 0 Å². The molecule has 1 heterocycles. The first-order chi connectivity index (χ1) is 9.24. The third-order valence-electron chi connectivity index (χ3n) is 4.24. The SMILES string of the molecule is CC(Cl)c1nc2c(Cl)cccc2n1CC(C)(C)C(C)C. The van der Waals surface area contributed by atoms with Crippen molar-refractivity contribution in [3.63, 3.8) is 0 Å². The van der Waals surface area contributed by atoms with Crippen LogP contribution in [0.2, 0.25) is 5.02 Å². The van der Waals surface area contributed by atoms with Gasteiger partial charge in [0.15, 0.2) is 0 Å². The molecule has 0 spiro atoms. The number of hydrogen-bond acceptors (Lipinski definition) is 1. The van der Waals surface area contributed by atoms with E-state index in [0.29, 0.717) is 10.9 Å². The van der Waals surface area contributed by atoms with Crippen molar-refractivity contribution in [2.75, 3.05) is 0 Å². The van der Waals surface area contributed by atoms with Crippen molar-refractivity contribution in [3.05, 3.63) is 29.0 Å². The first kappa shape index (κ1) is 15.7. The van der Waals surface area contributed by atoms with Gasteiger partial charge in [-0.3, -0.25) is 0 Å². The lowest BCUT2D eigenvalue weighted by molar-refractivity contribution is 0.210. The minimum atomic E-state index is -0.138. The predicted molar refractivity (Wildman–Crippen MR) is 87.6 cm³/mol. The van der Waals surface area contributed by atoms with E-state index in [1.165, 1.54) is 0 Å². The van der Waals surface area contributed by atoms with E-state index in [-0.39, 0.29) is 10.8 Å². The summed E-state index contributed by atoms with van der Waals surface area (Å²) in [7, 11) is 0. The number of para-hydroxylation sites is 1.